The maximum atomic E-state index is 12.8. The summed E-state index contributed by atoms with van der Waals surface area (Å²) in [6.45, 7) is 1.91. The number of H-pyrrole nitrogens is 1. The Morgan fingerprint density at radius 1 is 0.909 bits per heavy atom. The van der Waals surface area contributed by atoms with Crippen LogP contribution in [0.4, 0.5) is 11.4 Å². The molecule has 0 unspecified atom stereocenters. The van der Waals surface area contributed by atoms with Gasteiger partial charge in [-0.25, -0.2) is 13.4 Å². The van der Waals surface area contributed by atoms with Crippen LogP contribution in [-0.4, -0.2) is 23.4 Å². The second-order valence-electron chi connectivity index (χ2n) is 7.82. The number of rotatable bonds is 5. The molecular weight excluding hydrogens is 434 g/mol. The number of aromatic nitrogens is 3. The summed E-state index contributed by atoms with van der Waals surface area (Å²) in [6.07, 6.45) is 7.14. The Hall–Kier alpha value is -4.17. The number of hydrogen-bond acceptors (Lipinski definition) is 5. The van der Waals surface area contributed by atoms with Crippen LogP contribution in [0.25, 0.3) is 33.3 Å². The van der Waals surface area contributed by atoms with Gasteiger partial charge in [0.2, 0.25) is 0 Å². The van der Waals surface area contributed by atoms with Crippen LogP contribution in [0, 0.1) is 6.92 Å². The molecule has 2 aromatic carbocycles. The Balaban J connectivity index is 1.53. The number of nitrogens with one attached hydrogen (secondary N) is 2. The lowest BCUT2D eigenvalue weighted by molar-refractivity contribution is 0.601. The van der Waals surface area contributed by atoms with Crippen LogP contribution in [0.15, 0.2) is 90.3 Å². The molecule has 33 heavy (non-hydrogen) atoms. The Morgan fingerprint density at radius 3 is 2.42 bits per heavy atom. The van der Waals surface area contributed by atoms with E-state index in [1.807, 2.05) is 31.3 Å². The van der Waals surface area contributed by atoms with Crippen molar-refractivity contribution in [2.45, 2.75) is 11.8 Å². The number of nitrogen functional groups attached to an aromatic ring is 1. The molecular formula is C25H21N5O2S. The molecule has 0 aliphatic rings. The van der Waals surface area contributed by atoms with Crippen LogP contribution in [-0.2, 0) is 10.0 Å². The zero-order valence-corrected chi connectivity index (χ0v) is 18.6. The highest BCUT2D eigenvalue weighted by Crippen LogP contribution is 2.33. The molecule has 0 saturated heterocycles. The summed E-state index contributed by atoms with van der Waals surface area (Å²) in [5, 5.41) is 0.947. The summed E-state index contributed by atoms with van der Waals surface area (Å²) >= 11 is 0. The maximum absolute atomic E-state index is 12.8. The molecule has 5 aromatic rings. The lowest BCUT2D eigenvalue weighted by Crippen LogP contribution is -2.13. The Morgan fingerprint density at radius 2 is 1.67 bits per heavy atom. The first-order valence-corrected chi connectivity index (χ1v) is 11.8. The van der Waals surface area contributed by atoms with Crippen molar-refractivity contribution in [1.82, 2.24) is 15.0 Å². The van der Waals surface area contributed by atoms with E-state index >= 15 is 0 Å². The fourth-order valence-corrected chi connectivity index (χ4v) is 4.78. The largest absolute Gasteiger partial charge is 0.399 e. The summed E-state index contributed by atoms with van der Waals surface area (Å²) in [6, 6.07) is 17.7. The van der Waals surface area contributed by atoms with Gasteiger partial charge < -0.3 is 10.7 Å². The molecule has 7 nitrogen and oxygen atoms in total. The highest BCUT2D eigenvalue weighted by Gasteiger charge is 2.15. The van der Waals surface area contributed by atoms with Gasteiger partial charge >= 0.3 is 0 Å². The van der Waals surface area contributed by atoms with Gasteiger partial charge in [-0.05, 0) is 66.6 Å². The molecule has 0 amide bonds. The van der Waals surface area contributed by atoms with Crippen molar-refractivity contribution in [3.05, 3.63) is 91.0 Å². The Kier molecular flexibility index (Phi) is 5.07. The van der Waals surface area contributed by atoms with Gasteiger partial charge in [-0.2, -0.15) is 0 Å². The lowest BCUT2D eigenvalue weighted by atomic mass is 10.0. The average molecular weight is 456 g/mol. The minimum absolute atomic E-state index is 0.189. The summed E-state index contributed by atoms with van der Waals surface area (Å²) in [5.41, 5.74) is 12.3. The van der Waals surface area contributed by atoms with E-state index < -0.39 is 10.0 Å². The number of nitrogens with two attached hydrogens (primary N) is 1. The van der Waals surface area contributed by atoms with Gasteiger partial charge in [0.1, 0.15) is 5.65 Å². The summed E-state index contributed by atoms with van der Waals surface area (Å²) < 4.78 is 28.3. The number of nitrogens with zero attached hydrogens (tertiary/aromatic N) is 2. The zero-order chi connectivity index (χ0) is 23.0. The van der Waals surface area contributed by atoms with Crippen LogP contribution in [0.5, 0.6) is 0 Å². The van der Waals surface area contributed by atoms with Crippen LogP contribution in [0.3, 0.4) is 0 Å². The quantitative estimate of drug-likeness (QED) is 0.323. The molecule has 0 radical (unpaired) electrons. The predicted molar refractivity (Wildman–Crippen MR) is 131 cm³/mol. The molecule has 3 aromatic heterocycles. The second kappa shape index (κ2) is 8.07. The molecule has 5 rings (SSSR count). The Bertz CT molecular complexity index is 1560. The van der Waals surface area contributed by atoms with E-state index in [-0.39, 0.29) is 4.90 Å². The molecule has 4 N–H and O–H groups in total. The van der Waals surface area contributed by atoms with Crippen molar-refractivity contribution in [2.24, 2.45) is 0 Å². The number of fused-ring (bicyclic) bond motifs is 1. The fraction of sp³-hybridized carbons (Fsp3) is 0.0400. The van der Waals surface area contributed by atoms with Crippen molar-refractivity contribution in [1.29, 1.82) is 0 Å². The van der Waals surface area contributed by atoms with Crippen LogP contribution >= 0.6 is 0 Å². The standard InChI is InChI=1S/C25H21N5O2S/c1-16-2-4-22(5-3-16)33(31,32)30-21-11-18(10-20(26)13-21)19-12-23-24(15-29-25(23)28-14-19)17-6-8-27-9-7-17/h2-15,30H,26H2,1H3,(H,28,29). The molecule has 0 atom stereocenters. The van der Waals surface area contributed by atoms with E-state index in [4.69, 9.17) is 5.73 Å². The number of aromatic amines is 1. The van der Waals surface area contributed by atoms with Gasteiger partial charge in [0, 0.05) is 47.0 Å². The van der Waals surface area contributed by atoms with Gasteiger partial charge in [-0.3, -0.25) is 9.71 Å². The van der Waals surface area contributed by atoms with Crippen molar-refractivity contribution < 1.29 is 8.42 Å². The molecule has 0 bridgehead atoms. The number of benzene rings is 2. The summed E-state index contributed by atoms with van der Waals surface area (Å²) in [7, 11) is -3.75. The van der Waals surface area contributed by atoms with Gasteiger partial charge in [-0.15, -0.1) is 0 Å². The first-order chi connectivity index (χ1) is 15.9. The number of anilines is 2. The molecule has 164 valence electrons. The van der Waals surface area contributed by atoms with E-state index in [0.717, 1.165) is 38.9 Å². The minimum atomic E-state index is -3.75. The molecule has 0 saturated carbocycles. The highest BCUT2D eigenvalue weighted by molar-refractivity contribution is 7.92. The summed E-state index contributed by atoms with van der Waals surface area (Å²) in [4.78, 5) is 12.0. The minimum Gasteiger partial charge on any atom is -0.399 e. The molecule has 3 heterocycles. The highest BCUT2D eigenvalue weighted by atomic mass is 32.2. The van der Waals surface area contributed by atoms with Crippen molar-refractivity contribution >= 4 is 32.4 Å². The van der Waals surface area contributed by atoms with Crippen LogP contribution in [0.1, 0.15) is 5.56 Å². The smallest absolute Gasteiger partial charge is 0.261 e. The maximum Gasteiger partial charge on any atom is 0.261 e. The number of sulfonamides is 1. The van der Waals surface area contributed by atoms with Crippen molar-refractivity contribution in [3.8, 4) is 22.3 Å². The van der Waals surface area contributed by atoms with Crippen LogP contribution in [0.2, 0.25) is 0 Å². The number of pyridine rings is 2. The number of hydrogen-bond donors (Lipinski definition) is 3. The monoisotopic (exact) mass is 455 g/mol. The van der Waals surface area contributed by atoms with Crippen molar-refractivity contribution in [2.75, 3.05) is 10.5 Å². The van der Waals surface area contributed by atoms with Crippen molar-refractivity contribution in [3.63, 3.8) is 0 Å². The molecule has 0 aliphatic heterocycles. The Labute approximate surface area is 191 Å². The molecule has 0 spiro atoms. The van der Waals surface area contributed by atoms with E-state index in [2.05, 4.69) is 19.7 Å². The zero-order valence-electron chi connectivity index (χ0n) is 17.8. The number of aryl methyl sites for hydroxylation is 1. The lowest BCUT2D eigenvalue weighted by Gasteiger charge is -2.11. The molecule has 8 heteroatoms. The first kappa shape index (κ1) is 20.7. The van der Waals surface area contributed by atoms with Crippen LogP contribution < -0.4 is 10.5 Å². The van der Waals surface area contributed by atoms with E-state index in [9.17, 15) is 8.42 Å². The fourth-order valence-electron chi connectivity index (χ4n) is 3.74. The molecule has 0 fully saturated rings. The normalized spacial score (nSPS) is 11.5. The van der Waals surface area contributed by atoms with Gasteiger partial charge in [0.05, 0.1) is 10.6 Å². The average Bonchev–Trinajstić information content (AvgIpc) is 3.22. The third-order valence-electron chi connectivity index (χ3n) is 5.39. The third kappa shape index (κ3) is 4.16. The second-order valence-corrected chi connectivity index (χ2v) is 9.50. The predicted octanol–water partition coefficient (Wildman–Crippen LogP) is 4.98. The van der Waals surface area contributed by atoms with E-state index in [1.54, 1.807) is 61.1 Å². The van der Waals surface area contributed by atoms with E-state index in [0.29, 0.717) is 11.4 Å². The molecule has 0 aliphatic carbocycles. The van der Waals surface area contributed by atoms with E-state index in [1.165, 1.54) is 0 Å². The van der Waals surface area contributed by atoms with Gasteiger partial charge in [0.25, 0.3) is 10.0 Å². The van der Waals surface area contributed by atoms with Gasteiger partial charge in [-0.1, -0.05) is 17.7 Å². The topological polar surface area (TPSA) is 114 Å². The SMILES string of the molecule is Cc1ccc(S(=O)(=O)Nc2cc(N)cc(-c3cnc4[nH]cc(-c5ccncc5)c4c3)c2)cc1. The van der Waals surface area contributed by atoms with Gasteiger partial charge in [0.15, 0.2) is 0 Å². The first-order valence-electron chi connectivity index (χ1n) is 10.3. The summed E-state index contributed by atoms with van der Waals surface area (Å²) in [5.74, 6) is 0. The third-order valence-corrected chi connectivity index (χ3v) is 6.79.